The lowest BCUT2D eigenvalue weighted by atomic mass is 10.0. The van der Waals surface area contributed by atoms with Crippen LogP contribution in [0, 0.1) is 0 Å². The number of amides is 2. The number of anilines is 1. The third-order valence-corrected chi connectivity index (χ3v) is 9.08. The zero-order chi connectivity index (χ0) is 29.4. The Morgan fingerprint density at radius 2 is 1.48 bits per heavy atom. The Morgan fingerprint density at radius 1 is 0.875 bits per heavy atom. The minimum atomic E-state index is -4.11. The largest absolute Gasteiger partial charge is 0.352 e. The van der Waals surface area contributed by atoms with Gasteiger partial charge in [-0.3, -0.25) is 13.9 Å². The quantitative estimate of drug-likeness (QED) is 0.284. The Morgan fingerprint density at radius 3 is 2.05 bits per heavy atom. The average Bonchev–Trinajstić information content (AvgIpc) is 2.95. The van der Waals surface area contributed by atoms with Gasteiger partial charge in [0.15, 0.2) is 0 Å². The SMILES string of the molecule is CC[C@@H](C)NC(=O)[C@H](C)N(Cc1ccccc1Cl)C(=O)CN(c1ccc(C(C)C)cc1)S(=O)(=O)c1ccccc1. The van der Waals surface area contributed by atoms with Crippen LogP contribution in [0.3, 0.4) is 0 Å². The van der Waals surface area contributed by atoms with Gasteiger partial charge in [0.2, 0.25) is 11.8 Å². The van der Waals surface area contributed by atoms with Crippen molar-refractivity contribution in [2.75, 3.05) is 10.8 Å². The highest BCUT2D eigenvalue weighted by molar-refractivity contribution is 7.92. The van der Waals surface area contributed by atoms with Crippen molar-refractivity contribution in [1.29, 1.82) is 0 Å². The van der Waals surface area contributed by atoms with E-state index in [4.69, 9.17) is 11.6 Å². The summed E-state index contributed by atoms with van der Waals surface area (Å²) in [5.74, 6) is -0.599. The van der Waals surface area contributed by atoms with Gasteiger partial charge in [-0.1, -0.05) is 80.9 Å². The first kappa shape index (κ1) is 31.2. The summed E-state index contributed by atoms with van der Waals surface area (Å²) in [6.45, 7) is 9.13. The van der Waals surface area contributed by atoms with Crippen molar-refractivity contribution in [2.45, 2.75) is 70.5 Å². The van der Waals surface area contributed by atoms with E-state index in [1.807, 2.05) is 26.0 Å². The molecule has 7 nitrogen and oxygen atoms in total. The Labute approximate surface area is 243 Å². The highest BCUT2D eigenvalue weighted by Gasteiger charge is 2.33. The van der Waals surface area contributed by atoms with Crippen molar-refractivity contribution >= 4 is 39.1 Å². The lowest BCUT2D eigenvalue weighted by molar-refractivity contribution is -0.139. The summed E-state index contributed by atoms with van der Waals surface area (Å²) < 4.78 is 28.8. The monoisotopic (exact) mass is 583 g/mol. The summed E-state index contributed by atoms with van der Waals surface area (Å²) in [6.07, 6.45) is 0.729. The molecule has 3 rings (SSSR count). The zero-order valence-electron chi connectivity index (χ0n) is 23.7. The predicted octanol–water partition coefficient (Wildman–Crippen LogP) is 5.99. The van der Waals surface area contributed by atoms with E-state index in [0.717, 1.165) is 16.3 Å². The molecule has 2 atom stereocenters. The second kappa shape index (κ2) is 13.8. The lowest BCUT2D eigenvalue weighted by Crippen LogP contribution is -2.52. The van der Waals surface area contributed by atoms with E-state index in [1.165, 1.54) is 17.0 Å². The van der Waals surface area contributed by atoms with Crippen molar-refractivity contribution < 1.29 is 18.0 Å². The fourth-order valence-corrected chi connectivity index (χ4v) is 5.76. The van der Waals surface area contributed by atoms with E-state index in [1.54, 1.807) is 61.5 Å². The van der Waals surface area contributed by atoms with Crippen LogP contribution in [0.2, 0.25) is 5.02 Å². The standard InChI is InChI=1S/C31H38ClN3O4S/c1-6-23(4)33-31(37)24(5)34(20-26-12-10-11-15-29(26)32)30(36)21-35(27-18-16-25(17-19-27)22(2)3)40(38,39)28-13-8-7-9-14-28/h7-19,22-24H,6,20-21H2,1-5H3,(H,33,37)/t23-,24+/m1/s1. The molecule has 0 aliphatic carbocycles. The fraction of sp³-hybridized carbons (Fsp3) is 0.355. The van der Waals surface area contributed by atoms with Crippen molar-refractivity contribution in [3.63, 3.8) is 0 Å². The molecule has 2 amide bonds. The number of carbonyl (C=O) groups excluding carboxylic acids is 2. The third-order valence-electron chi connectivity index (χ3n) is 6.92. The molecule has 0 spiro atoms. The molecule has 3 aromatic rings. The summed E-state index contributed by atoms with van der Waals surface area (Å²) in [5, 5.41) is 3.38. The lowest BCUT2D eigenvalue weighted by Gasteiger charge is -2.32. The number of carbonyl (C=O) groups is 2. The van der Waals surface area contributed by atoms with Gasteiger partial charge in [0.25, 0.3) is 10.0 Å². The maximum absolute atomic E-state index is 14.0. The van der Waals surface area contributed by atoms with Crippen LogP contribution in [0.15, 0.2) is 83.8 Å². The van der Waals surface area contributed by atoms with Gasteiger partial charge in [0, 0.05) is 17.6 Å². The van der Waals surface area contributed by atoms with Crippen molar-refractivity contribution in [1.82, 2.24) is 10.2 Å². The van der Waals surface area contributed by atoms with Gasteiger partial charge in [-0.2, -0.15) is 0 Å². The Balaban J connectivity index is 2.04. The molecule has 0 saturated carbocycles. The van der Waals surface area contributed by atoms with E-state index < -0.39 is 28.5 Å². The van der Waals surface area contributed by atoms with Crippen LogP contribution < -0.4 is 9.62 Å². The second-order valence-electron chi connectivity index (χ2n) is 10.2. The van der Waals surface area contributed by atoms with Crippen LogP contribution >= 0.6 is 11.6 Å². The molecule has 3 aromatic carbocycles. The Hall–Kier alpha value is -3.36. The molecule has 0 unspecified atom stereocenters. The van der Waals surface area contributed by atoms with Crippen LogP contribution in [-0.2, 0) is 26.2 Å². The van der Waals surface area contributed by atoms with Crippen molar-refractivity contribution in [2.24, 2.45) is 0 Å². The van der Waals surface area contributed by atoms with Crippen LogP contribution in [-0.4, -0.2) is 43.8 Å². The molecule has 1 N–H and O–H groups in total. The highest BCUT2D eigenvalue weighted by Crippen LogP contribution is 2.27. The molecule has 9 heteroatoms. The van der Waals surface area contributed by atoms with Gasteiger partial charge < -0.3 is 10.2 Å². The summed E-state index contributed by atoms with van der Waals surface area (Å²) in [6, 6.07) is 21.3. The maximum Gasteiger partial charge on any atom is 0.264 e. The zero-order valence-corrected chi connectivity index (χ0v) is 25.2. The number of sulfonamides is 1. The highest BCUT2D eigenvalue weighted by atomic mass is 35.5. The fourth-order valence-electron chi connectivity index (χ4n) is 4.13. The van der Waals surface area contributed by atoms with Gasteiger partial charge in [-0.15, -0.1) is 0 Å². The molecule has 0 aliphatic rings. The number of hydrogen-bond donors (Lipinski definition) is 1. The summed E-state index contributed by atoms with van der Waals surface area (Å²) >= 11 is 6.41. The first-order valence-electron chi connectivity index (χ1n) is 13.5. The molecule has 0 fully saturated rings. The van der Waals surface area contributed by atoms with E-state index in [0.29, 0.717) is 16.3 Å². The summed E-state index contributed by atoms with van der Waals surface area (Å²) in [7, 11) is -4.11. The molecule has 0 bridgehead atoms. The number of hydrogen-bond acceptors (Lipinski definition) is 4. The van der Waals surface area contributed by atoms with Gasteiger partial charge >= 0.3 is 0 Å². The van der Waals surface area contributed by atoms with E-state index in [2.05, 4.69) is 19.2 Å². The summed E-state index contributed by atoms with van der Waals surface area (Å²) in [5.41, 5.74) is 2.05. The topological polar surface area (TPSA) is 86.8 Å². The van der Waals surface area contributed by atoms with Gasteiger partial charge in [0.1, 0.15) is 12.6 Å². The maximum atomic E-state index is 14.0. The average molecular weight is 584 g/mol. The molecule has 0 radical (unpaired) electrons. The number of benzene rings is 3. The van der Waals surface area contributed by atoms with Crippen molar-refractivity contribution in [3.05, 3.63) is 95.0 Å². The molecule has 0 saturated heterocycles. The smallest absolute Gasteiger partial charge is 0.264 e. The second-order valence-corrected chi connectivity index (χ2v) is 12.4. The normalized spacial score (nSPS) is 13.0. The first-order chi connectivity index (χ1) is 18.9. The van der Waals surface area contributed by atoms with E-state index in [9.17, 15) is 18.0 Å². The van der Waals surface area contributed by atoms with Crippen LogP contribution in [0.25, 0.3) is 0 Å². The van der Waals surface area contributed by atoms with Gasteiger partial charge in [-0.25, -0.2) is 8.42 Å². The summed E-state index contributed by atoms with van der Waals surface area (Å²) in [4.78, 5) is 28.6. The van der Waals surface area contributed by atoms with Gasteiger partial charge in [-0.05, 0) is 67.6 Å². The third kappa shape index (κ3) is 7.64. The molecule has 0 aliphatic heterocycles. The molecular weight excluding hydrogens is 546 g/mol. The van der Waals surface area contributed by atoms with E-state index >= 15 is 0 Å². The Kier molecular flexibility index (Phi) is 10.8. The van der Waals surface area contributed by atoms with Crippen LogP contribution in [0.4, 0.5) is 5.69 Å². The van der Waals surface area contributed by atoms with Crippen LogP contribution in [0.1, 0.15) is 58.1 Å². The van der Waals surface area contributed by atoms with Crippen LogP contribution in [0.5, 0.6) is 0 Å². The molecule has 40 heavy (non-hydrogen) atoms. The number of rotatable bonds is 12. The molecule has 0 heterocycles. The first-order valence-corrected chi connectivity index (χ1v) is 15.3. The molecule has 0 aromatic heterocycles. The number of halogens is 1. The minimum Gasteiger partial charge on any atom is -0.352 e. The number of nitrogens with zero attached hydrogens (tertiary/aromatic N) is 2. The van der Waals surface area contributed by atoms with E-state index in [-0.39, 0.29) is 29.3 Å². The Bertz CT molecular complexity index is 1400. The minimum absolute atomic E-state index is 0.0408. The number of nitrogens with one attached hydrogen (secondary N) is 1. The predicted molar refractivity (Wildman–Crippen MR) is 161 cm³/mol. The molecule has 214 valence electrons. The molecular formula is C31H38ClN3O4S. The van der Waals surface area contributed by atoms with Gasteiger partial charge in [0.05, 0.1) is 10.6 Å². The van der Waals surface area contributed by atoms with Crippen molar-refractivity contribution in [3.8, 4) is 0 Å².